The molecule has 4 heterocycles. The predicted molar refractivity (Wildman–Crippen MR) is 123 cm³/mol. The molecule has 9 nitrogen and oxygen atoms in total. The van der Waals surface area contributed by atoms with Crippen LogP contribution in [-0.2, 0) is 11.3 Å². The lowest BCUT2D eigenvalue weighted by molar-refractivity contribution is -0.274. The Hall–Kier alpha value is -4.03. The van der Waals surface area contributed by atoms with E-state index >= 15 is 0 Å². The zero-order valence-electron chi connectivity index (χ0n) is 18.9. The Kier molecular flexibility index (Phi) is 6.53. The third-order valence-electron chi connectivity index (χ3n) is 5.54. The highest BCUT2D eigenvalue weighted by Crippen LogP contribution is 2.33. The van der Waals surface area contributed by atoms with Gasteiger partial charge < -0.3 is 14.8 Å². The number of anilines is 1. The lowest BCUT2D eigenvalue weighted by Crippen LogP contribution is -2.35. The van der Waals surface area contributed by atoms with E-state index < -0.39 is 18.0 Å². The normalized spacial score (nSPS) is 14.6. The number of halogens is 3. The molecular weight excluding hydrogens is 477 g/mol. The molecule has 1 aliphatic heterocycles. The quantitative estimate of drug-likeness (QED) is 0.433. The van der Waals surface area contributed by atoms with Gasteiger partial charge in [0.2, 0.25) is 0 Å². The molecule has 4 aromatic rings. The van der Waals surface area contributed by atoms with Crippen LogP contribution in [0.15, 0.2) is 60.9 Å². The maximum Gasteiger partial charge on any atom is 0.573 e. The second kappa shape index (κ2) is 9.91. The van der Waals surface area contributed by atoms with E-state index in [0.717, 1.165) is 18.8 Å². The first-order valence-corrected chi connectivity index (χ1v) is 11.1. The number of alkyl halides is 3. The van der Waals surface area contributed by atoms with E-state index in [-0.39, 0.29) is 22.5 Å². The van der Waals surface area contributed by atoms with E-state index in [9.17, 15) is 18.0 Å². The third kappa shape index (κ3) is 5.44. The Balaban J connectivity index is 1.38. The largest absolute Gasteiger partial charge is 0.573 e. The van der Waals surface area contributed by atoms with Crippen LogP contribution in [0, 0.1) is 0 Å². The summed E-state index contributed by atoms with van der Waals surface area (Å²) in [5.74, 6) is -0.524. The molecule has 1 amide bonds. The first-order chi connectivity index (χ1) is 17.4. The Morgan fingerprint density at radius 2 is 1.86 bits per heavy atom. The van der Waals surface area contributed by atoms with Crippen molar-refractivity contribution in [1.29, 1.82) is 0 Å². The van der Waals surface area contributed by atoms with Gasteiger partial charge in [0.15, 0.2) is 5.65 Å². The van der Waals surface area contributed by atoms with Gasteiger partial charge in [0.1, 0.15) is 17.1 Å². The molecule has 0 bridgehead atoms. The van der Waals surface area contributed by atoms with E-state index in [2.05, 4.69) is 30.0 Å². The van der Waals surface area contributed by atoms with Gasteiger partial charge in [0, 0.05) is 31.4 Å². The Morgan fingerprint density at radius 3 is 2.67 bits per heavy atom. The summed E-state index contributed by atoms with van der Waals surface area (Å²) in [4.78, 5) is 24.2. The summed E-state index contributed by atoms with van der Waals surface area (Å²) in [6, 6.07) is 12.5. The molecule has 3 aromatic heterocycles. The fourth-order valence-electron chi connectivity index (χ4n) is 3.88. The van der Waals surface area contributed by atoms with E-state index in [4.69, 9.17) is 4.74 Å². The minimum Gasteiger partial charge on any atom is -0.405 e. The van der Waals surface area contributed by atoms with Gasteiger partial charge in [-0.05, 0) is 30.3 Å². The third-order valence-corrected chi connectivity index (χ3v) is 5.54. The number of fused-ring (bicyclic) bond motifs is 1. The van der Waals surface area contributed by atoms with Gasteiger partial charge in [-0.2, -0.15) is 5.10 Å². The van der Waals surface area contributed by atoms with Crippen molar-refractivity contribution in [3.63, 3.8) is 0 Å². The summed E-state index contributed by atoms with van der Waals surface area (Å²) < 4.78 is 49.4. The first kappa shape index (κ1) is 23.7. The lowest BCUT2D eigenvalue weighted by Gasteiger charge is -2.26. The summed E-state index contributed by atoms with van der Waals surface area (Å²) in [6.45, 7) is 3.60. The minimum atomic E-state index is -4.86. The highest BCUT2D eigenvalue weighted by Gasteiger charge is 2.32. The zero-order chi connectivity index (χ0) is 25.1. The van der Waals surface area contributed by atoms with Crippen LogP contribution in [0.4, 0.5) is 19.0 Å². The standard InChI is InChI=1S/C24H21F3N6O3/c25-24(26,27)36-20-6-2-1-5-17(20)19-8-9-33-22(30-19)18(14-28-33)23(34)31-21-7-3-4-16(29-21)15-32-10-12-35-13-11-32/h1-9,14H,10-13,15H2,(H,29,31,34). The molecule has 0 saturated carbocycles. The van der Waals surface area contributed by atoms with Crippen molar-refractivity contribution < 1.29 is 27.4 Å². The molecule has 1 saturated heterocycles. The second-order valence-corrected chi connectivity index (χ2v) is 8.04. The van der Waals surface area contributed by atoms with E-state index in [0.29, 0.717) is 25.6 Å². The number of hydrogen-bond donors (Lipinski definition) is 1. The van der Waals surface area contributed by atoms with Crippen LogP contribution in [0.25, 0.3) is 16.9 Å². The molecule has 0 atom stereocenters. The SMILES string of the molecule is O=C(Nc1cccc(CN2CCOCC2)n1)c1cnn2ccc(-c3ccccc3OC(F)(F)F)nc12. The number of ether oxygens (including phenoxy) is 2. The number of rotatable bonds is 6. The van der Waals surface area contributed by atoms with Crippen molar-refractivity contribution in [2.75, 3.05) is 31.6 Å². The van der Waals surface area contributed by atoms with Gasteiger partial charge in [-0.1, -0.05) is 18.2 Å². The molecule has 0 spiro atoms. The number of carbonyl (C=O) groups excluding carboxylic acids is 1. The van der Waals surface area contributed by atoms with Crippen molar-refractivity contribution in [3.05, 3.63) is 72.2 Å². The summed E-state index contributed by atoms with van der Waals surface area (Å²) >= 11 is 0. The average molecular weight is 498 g/mol. The second-order valence-electron chi connectivity index (χ2n) is 8.04. The van der Waals surface area contributed by atoms with E-state index in [1.165, 1.54) is 41.2 Å². The lowest BCUT2D eigenvalue weighted by atomic mass is 10.1. The Morgan fingerprint density at radius 1 is 1.06 bits per heavy atom. The number of amides is 1. The first-order valence-electron chi connectivity index (χ1n) is 11.1. The van der Waals surface area contributed by atoms with Crippen molar-refractivity contribution in [2.45, 2.75) is 12.9 Å². The number of nitrogens with zero attached hydrogens (tertiary/aromatic N) is 5. The molecule has 5 rings (SSSR count). The van der Waals surface area contributed by atoms with Crippen LogP contribution in [-0.4, -0.2) is 63.1 Å². The summed E-state index contributed by atoms with van der Waals surface area (Å²) in [5, 5.41) is 6.89. The topological polar surface area (TPSA) is 93.9 Å². The molecule has 0 aliphatic carbocycles. The maximum atomic E-state index is 13.0. The smallest absolute Gasteiger partial charge is 0.405 e. The highest BCUT2D eigenvalue weighted by atomic mass is 19.4. The van der Waals surface area contributed by atoms with E-state index in [1.807, 2.05) is 12.1 Å². The molecule has 186 valence electrons. The van der Waals surface area contributed by atoms with Crippen LogP contribution in [0.3, 0.4) is 0 Å². The zero-order valence-corrected chi connectivity index (χ0v) is 18.9. The van der Waals surface area contributed by atoms with Crippen LogP contribution in [0.1, 0.15) is 16.1 Å². The van der Waals surface area contributed by atoms with Crippen molar-refractivity contribution in [2.24, 2.45) is 0 Å². The Bertz CT molecular complexity index is 1390. The maximum absolute atomic E-state index is 13.0. The number of carbonyl (C=O) groups is 1. The van der Waals surface area contributed by atoms with Gasteiger partial charge in [-0.15, -0.1) is 13.2 Å². The van der Waals surface area contributed by atoms with Crippen LogP contribution in [0.2, 0.25) is 0 Å². The molecule has 1 aromatic carbocycles. The van der Waals surface area contributed by atoms with Crippen molar-refractivity contribution >= 4 is 17.4 Å². The number of morpholine rings is 1. The number of para-hydroxylation sites is 1. The fourth-order valence-corrected chi connectivity index (χ4v) is 3.88. The number of hydrogen-bond acceptors (Lipinski definition) is 7. The molecule has 1 aliphatic rings. The average Bonchev–Trinajstić information content (AvgIpc) is 3.28. The van der Waals surface area contributed by atoms with Crippen LogP contribution >= 0.6 is 0 Å². The molecule has 0 radical (unpaired) electrons. The Labute approximate surface area is 203 Å². The predicted octanol–water partition coefficient (Wildman–Crippen LogP) is 3.77. The number of aromatic nitrogens is 4. The fraction of sp³-hybridized carbons (Fsp3) is 0.250. The molecule has 1 N–H and O–H groups in total. The van der Waals surface area contributed by atoms with Crippen LogP contribution in [0.5, 0.6) is 5.75 Å². The van der Waals surface area contributed by atoms with Crippen LogP contribution < -0.4 is 10.1 Å². The van der Waals surface area contributed by atoms with Crippen molar-refractivity contribution in [3.8, 4) is 17.0 Å². The van der Waals surface area contributed by atoms with E-state index in [1.54, 1.807) is 12.1 Å². The molecular formula is C24H21F3N6O3. The number of pyridine rings is 1. The molecule has 36 heavy (non-hydrogen) atoms. The van der Waals surface area contributed by atoms with Gasteiger partial charge in [-0.3, -0.25) is 9.69 Å². The highest BCUT2D eigenvalue weighted by molar-refractivity contribution is 6.07. The molecule has 12 heteroatoms. The summed E-state index contributed by atoms with van der Waals surface area (Å²) in [7, 11) is 0. The molecule has 0 unspecified atom stereocenters. The van der Waals surface area contributed by atoms with Gasteiger partial charge >= 0.3 is 6.36 Å². The number of benzene rings is 1. The van der Waals surface area contributed by atoms with Crippen molar-refractivity contribution in [1.82, 2.24) is 24.5 Å². The summed E-state index contributed by atoms with van der Waals surface area (Å²) in [6.07, 6.45) is -2.00. The summed E-state index contributed by atoms with van der Waals surface area (Å²) in [5.41, 5.74) is 1.45. The van der Waals surface area contributed by atoms with Gasteiger partial charge in [0.25, 0.3) is 5.91 Å². The molecule has 1 fully saturated rings. The van der Waals surface area contributed by atoms with Gasteiger partial charge in [-0.25, -0.2) is 14.5 Å². The minimum absolute atomic E-state index is 0.127. The monoisotopic (exact) mass is 498 g/mol. The van der Waals surface area contributed by atoms with Gasteiger partial charge in [0.05, 0.1) is 30.8 Å². The number of nitrogens with one attached hydrogen (secondary N) is 1.